The highest BCUT2D eigenvalue weighted by Gasteiger charge is 2.09. The van der Waals surface area contributed by atoms with Crippen LogP contribution in [0.1, 0.15) is 0 Å². The van der Waals surface area contributed by atoms with Gasteiger partial charge in [0, 0.05) is 5.75 Å². The van der Waals surface area contributed by atoms with Gasteiger partial charge >= 0.3 is 0 Å². The number of nitrogens with zero attached hydrogens (tertiary/aromatic N) is 3. The van der Waals surface area contributed by atoms with Gasteiger partial charge in [-0.1, -0.05) is 0 Å². The molecule has 0 aromatic heterocycles. The first-order valence-electron chi connectivity index (χ1n) is 4.27. The summed E-state index contributed by atoms with van der Waals surface area (Å²) in [7, 11) is 0. The molecule has 0 atom stereocenters. The van der Waals surface area contributed by atoms with Crippen molar-refractivity contribution < 1.29 is 14.4 Å². The van der Waals surface area contributed by atoms with E-state index in [1.807, 2.05) is 0 Å². The topological polar surface area (TPSA) is 88.3 Å². The number of hydrogen-bond acceptors (Lipinski definition) is 9. The van der Waals surface area contributed by atoms with Gasteiger partial charge in [-0.3, -0.25) is 0 Å². The van der Waals surface area contributed by atoms with E-state index in [1.165, 1.54) is 53.5 Å². The quantitative estimate of drug-likeness (QED) is 0.261. The first-order valence-corrected chi connectivity index (χ1v) is 7.52. The molecule has 0 aliphatic rings. The number of isocyanates is 3. The third kappa shape index (κ3) is 11.5. The Kier molecular flexibility index (Phi) is 12.6. The van der Waals surface area contributed by atoms with Gasteiger partial charge in [0.2, 0.25) is 18.2 Å². The van der Waals surface area contributed by atoms with Crippen molar-refractivity contribution in [3.8, 4) is 0 Å². The van der Waals surface area contributed by atoms with Gasteiger partial charge in [0.05, 0.1) is 22.2 Å². The Morgan fingerprint density at radius 3 is 1.76 bits per heavy atom. The summed E-state index contributed by atoms with van der Waals surface area (Å²) in [4.78, 5) is 39.9. The van der Waals surface area contributed by atoms with E-state index in [0.717, 1.165) is 0 Å². The van der Waals surface area contributed by atoms with E-state index in [1.54, 1.807) is 0 Å². The molecule has 0 rings (SSSR count). The molecule has 6 nitrogen and oxygen atoms in total. The molecule has 0 spiro atoms. The highest BCUT2D eigenvalue weighted by Crippen LogP contribution is 2.27. The molecule has 17 heavy (non-hydrogen) atoms. The molecule has 0 saturated heterocycles. The molecule has 0 heterocycles. The number of rotatable bonds is 10. The molecule has 0 N–H and O–H groups in total. The van der Waals surface area contributed by atoms with Crippen molar-refractivity contribution in [3.63, 3.8) is 0 Å². The number of hydrogen-bond donors (Lipinski definition) is 0. The largest absolute Gasteiger partial charge is 0.235 e. The van der Waals surface area contributed by atoms with Gasteiger partial charge in [-0.25, -0.2) is 14.4 Å². The maximum absolute atomic E-state index is 9.90. The fraction of sp³-hybridized carbons (Fsp3) is 0.625. The second-order valence-electron chi connectivity index (χ2n) is 2.27. The first-order chi connectivity index (χ1) is 8.35. The lowest BCUT2D eigenvalue weighted by molar-refractivity contribution is 0.563. The molecule has 0 aromatic rings. The Labute approximate surface area is 111 Å². The van der Waals surface area contributed by atoms with Crippen molar-refractivity contribution in [2.75, 3.05) is 23.4 Å². The van der Waals surface area contributed by atoms with E-state index >= 15 is 0 Å². The van der Waals surface area contributed by atoms with Crippen LogP contribution in [0.25, 0.3) is 0 Å². The Morgan fingerprint density at radius 2 is 1.29 bits per heavy atom. The average Bonchev–Trinajstić information content (AvgIpc) is 2.34. The lowest BCUT2D eigenvalue weighted by Gasteiger charge is -2.11. The molecular formula is C8H9N3O3S3. The fourth-order valence-electron chi connectivity index (χ4n) is 0.659. The lowest BCUT2D eigenvalue weighted by atomic mass is 10.9. The summed E-state index contributed by atoms with van der Waals surface area (Å²) in [6.45, 7) is 0. The Bertz CT molecular complexity index is 325. The maximum atomic E-state index is 9.90. The zero-order chi connectivity index (χ0) is 12.8. The molecule has 0 bridgehead atoms. The van der Waals surface area contributed by atoms with Gasteiger partial charge < -0.3 is 0 Å². The summed E-state index contributed by atoms with van der Waals surface area (Å²) in [6.07, 6.45) is 4.35. The van der Waals surface area contributed by atoms with Crippen molar-refractivity contribution in [1.29, 1.82) is 0 Å². The summed E-state index contributed by atoms with van der Waals surface area (Å²) < 4.78 is 0.107. The molecule has 0 radical (unpaired) electrons. The summed E-state index contributed by atoms with van der Waals surface area (Å²) in [5, 5.41) is 0. The van der Waals surface area contributed by atoms with Crippen molar-refractivity contribution in [2.24, 2.45) is 15.0 Å². The maximum Gasteiger partial charge on any atom is 0.235 e. The fourth-order valence-corrected chi connectivity index (χ4v) is 3.78. The number of thioether (sulfide) groups is 3. The van der Waals surface area contributed by atoms with Crippen LogP contribution < -0.4 is 0 Å². The summed E-state index contributed by atoms with van der Waals surface area (Å²) in [6, 6.07) is 0. The average molecular weight is 291 g/mol. The van der Waals surface area contributed by atoms with Crippen molar-refractivity contribution >= 4 is 53.5 Å². The highest BCUT2D eigenvalue weighted by molar-refractivity contribution is 8.18. The van der Waals surface area contributed by atoms with E-state index in [0.29, 0.717) is 23.4 Å². The Hall–Kier alpha value is -0.810. The normalized spacial score (nSPS) is 10.6. The molecule has 0 saturated carbocycles. The van der Waals surface area contributed by atoms with E-state index in [9.17, 15) is 14.4 Å². The summed E-state index contributed by atoms with van der Waals surface area (Å²) >= 11 is 4.33. The molecule has 0 fully saturated rings. The van der Waals surface area contributed by atoms with E-state index in [-0.39, 0.29) is 4.58 Å². The van der Waals surface area contributed by atoms with Crippen LogP contribution in [0, 0.1) is 0 Å². The van der Waals surface area contributed by atoms with Crippen LogP contribution in [0.4, 0.5) is 0 Å². The molecule has 0 unspecified atom stereocenters. The van der Waals surface area contributed by atoms with Crippen LogP contribution in [0.5, 0.6) is 0 Å². The molecule has 0 aliphatic carbocycles. The molecular weight excluding hydrogens is 282 g/mol. The molecule has 0 aliphatic heterocycles. The minimum Gasteiger partial charge on any atom is -0.211 e. The Balaban J connectivity index is 3.94. The van der Waals surface area contributed by atoms with Gasteiger partial charge in [0.1, 0.15) is 0 Å². The van der Waals surface area contributed by atoms with Crippen molar-refractivity contribution in [1.82, 2.24) is 0 Å². The summed E-state index contributed by atoms with van der Waals surface area (Å²) in [5.74, 6) is 1.66. The monoisotopic (exact) mass is 291 g/mol. The predicted octanol–water partition coefficient (Wildman–Crippen LogP) is 1.39. The van der Waals surface area contributed by atoms with E-state index in [4.69, 9.17) is 0 Å². The van der Waals surface area contributed by atoms with E-state index < -0.39 is 0 Å². The molecule has 0 aromatic carbocycles. The van der Waals surface area contributed by atoms with Crippen LogP contribution in [0.15, 0.2) is 15.0 Å². The lowest BCUT2D eigenvalue weighted by Crippen LogP contribution is -2.03. The second kappa shape index (κ2) is 13.3. The Morgan fingerprint density at radius 1 is 0.824 bits per heavy atom. The third-order valence-electron chi connectivity index (χ3n) is 1.25. The number of carbonyl (C=O) groups excluding carboxylic acids is 3. The minimum atomic E-state index is 0.107. The molecule has 92 valence electrons. The third-order valence-corrected chi connectivity index (χ3v) is 5.01. The van der Waals surface area contributed by atoms with Gasteiger partial charge in [-0.05, 0) is 0 Å². The zero-order valence-electron chi connectivity index (χ0n) is 8.70. The predicted molar refractivity (Wildman–Crippen MR) is 70.4 cm³/mol. The zero-order valence-corrected chi connectivity index (χ0v) is 11.1. The number of aliphatic imine (C=N–C) groups is 3. The first kappa shape index (κ1) is 16.2. The minimum absolute atomic E-state index is 0.107. The van der Waals surface area contributed by atoms with Crippen molar-refractivity contribution in [3.05, 3.63) is 0 Å². The van der Waals surface area contributed by atoms with Crippen LogP contribution in [0.3, 0.4) is 0 Å². The van der Waals surface area contributed by atoms with Crippen molar-refractivity contribution in [2.45, 2.75) is 4.58 Å². The van der Waals surface area contributed by atoms with Gasteiger partial charge in [-0.2, -0.15) is 15.0 Å². The second-order valence-corrected chi connectivity index (χ2v) is 5.89. The van der Waals surface area contributed by atoms with Crippen LogP contribution in [-0.4, -0.2) is 46.2 Å². The van der Waals surface area contributed by atoms with Gasteiger partial charge in [0.25, 0.3) is 0 Å². The molecule has 9 heteroatoms. The summed E-state index contributed by atoms with van der Waals surface area (Å²) in [5.41, 5.74) is 0. The van der Waals surface area contributed by atoms with Gasteiger partial charge in [-0.15, -0.1) is 35.3 Å². The standard InChI is InChI=1S/C8H9N3O3S3/c12-2-9-5-15-1-8(16-6-10-3-13)17-7-11-4-14/h8H,1,5-7H2. The van der Waals surface area contributed by atoms with Crippen LogP contribution in [0.2, 0.25) is 0 Å². The SMILES string of the molecule is O=C=NCSCC(SCN=C=O)SCN=C=O. The highest BCUT2D eigenvalue weighted by atomic mass is 32.2. The van der Waals surface area contributed by atoms with Gasteiger partial charge in [0.15, 0.2) is 0 Å². The smallest absolute Gasteiger partial charge is 0.211 e. The van der Waals surface area contributed by atoms with Crippen LogP contribution >= 0.6 is 35.3 Å². The van der Waals surface area contributed by atoms with Crippen LogP contribution in [-0.2, 0) is 14.4 Å². The molecule has 0 amide bonds. The van der Waals surface area contributed by atoms with E-state index in [2.05, 4.69) is 15.0 Å².